The summed E-state index contributed by atoms with van der Waals surface area (Å²) in [5.41, 5.74) is 5.26. The molecular formula is C21H14ClF6N5O4S2. The van der Waals surface area contributed by atoms with E-state index in [9.17, 15) is 43.2 Å². The third kappa shape index (κ3) is 9.45. The Kier molecular flexibility index (Phi) is 10.7. The van der Waals surface area contributed by atoms with Gasteiger partial charge in [0.05, 0.1) is 11.4 Å². The number of benzene rings is 2. The number of anilines is 1. The Morgan fingerprint density at radius 3 is 1.54 bits per heavy atom. The lowest BCUT2D eigenvalue weighted by atomic mass is 10.3. The van der Waals surface area contributed by atoms with Crippen LogP contribution in [0.5, 0.6) is 0 Å². The fourth-order valence-electron chi connectivity index (χ4n) is 2.43. The number of hydrogen-bond donors (Lipinski definition) is 1. The van der Waals surface area contributed by atoms with Gasteiger partial charge in [-0.1, -0.05) is 0 Å². The van der Waals surface area contributed by atoms with Crippen LogP contribution in [0.1, 0.15) is 5.69 Å². The van der Waals surface area contributed by atoms with Gasteiger partial charge in [-0.3, -0.25) is 0 Å². The van der Waals surface area contributed by atoms with Crippen molar-refractivity contribution in [2.75, 3.05) is 5.73 Å². The maximum atomic E-state index is 13.4. The first kappa shape index (κ1) is 31.4. The summed E-state index contributed by atoms with van der Waals surface area (Å²) >= 11 is 0. The number of hydrogen-bond acceptors (Lipinski definition) is 9. The lowest BCUT2D eigenvalue weighted by molar-refractivity contribution is 0.482. The molecule has 0 spiro atoms. The van der Waals surface area contributed by atoms with E-state index in [0.717, 1.165) is 0 Å². The van der Waals surface area contributed by atoms with E-state index in [2.05, 4.69) is 20.4 Å². The summed E-state index contributed by atoms with van der Waals surface area (Å²) in [6.07, 6.45) is 2.92. The molecule has 4 rings (SSSR count). The first-order valence-corrected chi connectivity index (χ1v) is 13.8. The van der Waals surface area contributed by atoms with E-state index in [4.69, 9.17) is 16.4 Å². The number of aromatic nitrogens is 4. The first-order chi connectivity index (χ1) is 18.1. The number of rotatable bonds is 4. The average molecular weight is 614 g/mol. The highest BCUT2D eigenvalue weighted by Crippen LogP contribution is 2.22. The third-order valence-corrected chi connectivity index (χ3v) is 7.10. The molecule has 0 fully saturated rings. The van der Waals surface area contributed by atoms with Gasteiger partial charge in [0.25, 0.3) is 9.05 Å². The van der Waals surface area contributed by atoms with E-state index in [1.165, 1.54) is 18.3 Å². The summed E-state index contributed by atoms with van der Waals surface area (Å²) in [5, 5.41) is 14.0. The molecule has 18 heteroatoms. The molecule has 2 N–H and O–H groups in total. The van der Waals surface area contributed by atoms with Crippen molar-refractivity contribution in [1.82, 2.24) is 20.4 Å². The molecule has 0 aliphatic carbocycles. The summed E-state index contributed by atoms with van der Waals surface area (Å²) in [4.78, 5) is -1.98. The Bertz CT molecular complexity index is 1650. The summed E-state index contributed by atoms with van der Waals surface area (Å²) in [7, 11) is -3.82. The van der Waals surface area contributed by atoms with Crippen LogP contribution in [0, 0.1) is 34.9 Å². The Balaban J connectivity index is 0.000000229. The Morgan fingerprint density at radius 2 is 1.13 bits per heavy atom. The molecule has 0 radical (unpaired) electrons. The predicted molar refractivity (Wildman–Crippen MR) is 125 cm³/mol. The van der Waals surface area contributed by atoms with Gasteiger partial charge < -0.3 is 5.73 Å². The maximum Gasteiger partial charge on any atom is 0.264 e. The molecule has 2 aromatic carbocycles. The average Bonchev–Trinajstić information content (AvgIpc) is 2.84. The quantitative estimate of drug-likeness (QED) is 0.156. The Hall–Kier alpha value is -3.83. The number of sulfone groups is 1. The monoisotopic (exact) mass is 613 g/mol. The van der Waals surface area contributed by atoms with E-state index >= 15 is 0 Å². The molecule has 0 amide bonds. The van der Waals surface area contributed by atoms with Crippen LogP contribution in [0.4, 0.5) is 32.2 Å². The fraction of sp³-hybridized carbons (Fsp3) is 0.0476. The molecule has 4 aromatic rings. The highest BCUT2D eigenvalue weighted by atomic mass is 35.7. The molecular weight excluding hydrogens is 600 g/mol. The van der Waals surface area contributed by atoms with Crippen LogP contribution in [0.25, 0.3) is 0 Å². The third-order valence-electron chi connectivity index (χ3n) is 4.11. The second-order valence-corrected chi connectivity index (χ2v) is 11.4. The fourth-order valence-corrected chi connectivity index (χ4v) is 4.66. The second kappa shape index (κ2) is 13.3. The molecule has 2 heterocycles. The second-order valence-electron chi connectivity index (χ2n) is 6.95. The summed E-state index contributed by atoms with van der Waals surface area (Å²) < 4.78 is 121. The SMILES string of the molecule is Nc1cccnn1.O=S(=O)(Cc1cccnn1)c1cc(F)c(F)cc1F.O=S(=O)(Cl)c1cc(F)c(F)cc1F. The van der Waals surface area contributed by atoms with Crippen LogP contribution in [0.15, 0.2) is 70.7 Å². The molecule has 0 saturated heterocycles. The number of nitrogens with two attached hydrogens (primary N) is 1. The van der Waals surface area contributed by atoms with Crippen molar-refractivity contribution >= 4 is 35.4 Å². The molecule has 2 aromatic heterocycles. The molecule has 0 aliphatic heterocycles. The predicted octanol–water partition coefficient (Wildman–Crippen LogP) is 3.96. The minimum absolute atomic E-state index is 0.0756. The van der Waals surface area contributed by atoms with Crippen LogP contribution < -0.4 is 5.73 Å². The summed E-state index contributed by atoms with van der Waals surface area (Å²) in [6, 6.07) is 7.07. The van der Waals surface area contributed by atoms with Crippen molar-refractivity contribution in [3.63, 3.8) is 0 Å². The van der Waals surface area contributed by atoms with Crippen LogP contribution in [0.3, 0.4) is 0 Å². The molecule has 0 unspecified atom stereocenters. The van der Waals surface area contributed by atoms with Crippen molar-refractivity contribution in [2.24, 2.45) is 0 Å². The topological polar surface area (TPSA) is 146 Å². The lowest BCUT2D eigenvalue weighted by Gasteiger charge is -2.05. The molecule has 0 bridgehead atoms. The van der Waals surface area contributed by atoms with Gasteiger partial charge in [0, 0.05) is 35.2 Å². The van der Waals surface area contributed by atoms with Crippen LogP contribution in [0.2, 0.25) is 0 Å². The van der Waals surface area contributed by atoms with E-state index < -0.39 is 69.3 Å². The van der Waals surface area contributed by atoms with Crippen molar-refractivity contribution in [3.05, 3.63) is 102 Å². The zero-order valence-electron chi connectivity index (χ0n) is 18.9. The normalized spacial score (nSPS) is 11.1. The van der Waals surface area contributed by atoms with Crippen LogP contribution >= 0.6 is 10.7 Å². The van der Waals surface area contributed by atoms with Crippen molar-refractivity contribution in [2.45, 2.75) is 15.5 Å². The van der Waals surface area contributed by atoms with Gasteiger partial charge in [-0.2, -0.15) is 15.3 Å². The highest BCUT2D eigenvalue weighted by molar-refractivity contribution is 8.13. The standard InChI is InChI=1S/C11H7F3N2O2S.C6H2ClF3O2S.C4H5N3/c12-8-4-10(14)11(5-9(8)13)19(17,18)6-7-2-1-3-15-16-7;7-13(11,12)6-2-4(9)3(8)1-5(6)10;5-4-2-1-3-6-7-4/h1-5H,6H2;1-2H;1-3H,(H2,5,7). The van der Waals surface area contributed by atoms with E-state index in [0.29, 0.717) is 11.9 Å². The van der Waals surface area contributed by atoms with E-state index in [1.807, 2.05) is 0 Å². The zero-order chi connectivity index (χ0) is 29.4. The smallest absolute Gasteiger partial charge is 0.264 e. The molecule has 208 valence electrons. The first-order valence-electron chi connectivity index (χ1n) is 9.88. The van der Waals surface area contributed by atoms with Gasteiger partial charge in [-0.05, 0) is 36.4 Å². The van der Waals surface area contributed by atoms with Crippen LogP contribution in [-0.2, 0) is 24.6 Å². The van der Waals surface area contributed by atoms with Gasteiger partial charge in [-0.25, -0.2) is 43.2 Å². The number of halogens is 7. The number of nitrogens with zero attached hydrogens (tertiary/aromatic N) is 4. The minimum atomic E-state index is -4.38. The van der Waals surface area contributed by atoms with Crippen molar-refractivity contribution in [1.29, 1.82) is 0 Å². The van der Waals surface area contributed by atoms with Gasteiger partial charge in [0.15, 0.2) is 33.1 Å². The number of nitrogen functional groups attached to an aromatic ring is 1. The van der Waals surface area contributed by atoms with Gasteiger partial charge in [0.1, 0.15) is 27.2 Å². The van der Waals surface area contributed by atoms with E-state index in [1.54, 1.807) is 18.3 Å². The Morgan fingerprint density at radius 1 is 0.667 bits per heavy atom. The lowest BCUT2D eigenvalue weighted by Crippen LogP contribution is -2.10. The minimum Gasteiger partial charge on any atom is -0.382 e. The molecule has 0 aliphatic rings. The van der Waals surface area contributed by atoms with E-state index in [-0.39, 0.29) is 23.9 Å². The largest absolute Gasteiger partial charge is 0.382 e. The zero-order valence-corrected chi connectivity index (χ0v) is 21.3. The van der Waals surface area contributed by atoms with Gasteiger partial charge in [0.2, 0.25) is 0 Å². The summed E-state index contributed by atoms with van der Waals surface area (Å²) in [5.74, 6) is -8.78. The van der Waals surface area contributed by atoms with Crippen molar-refractivity contribution in [3.8, 4) is 0 Å². The van der Waals surface area contributed by atoms with Crippen LogP contribution in [-0.4, -0.2) is 37.2 Å². The Labute approximate surface area is 221 Å². The van der Waals surface area contributed by atoms with Gasteiger partial charge >= 0.3 is 0 Å². The maximum absolute atomic E-state index is 13.4. The van der Waals surface area contributed by atoms with Gasteiger partial charge in [-0.15, -0.1) is 5.10 Å². The molecule has 0 saturated carbocycles. The molecule has 39 heavy (non-hydrogen) atoms. The molecule has 9 nitrogen and oxygen atoms in total. The van der Waals surface area contributed by atoms with Crippen molar-refractivity contribution < 1.29 is 43.2 Å². The summed E-state index contributed by atoms with van der Waals surface area (Å²) in [6.45, 7) is 0. The molecule has 0 atom stereocenters. The highest BCUT2D eigenvalue weighted by Gasteiger charge is 2.23.